The van der Waals surface area contributed by atoms with Crippen molar-refractivity contribution in [1.29, 1.82) is 0 Å². The van der Waals surface area contributed by atoms with Gasteiger partial charge in [-0.2, -0.15) is 18.3 Å². The summed E-state index contributed by atoms with van der Waals surface area (Å²) in [6.45, 7) is 0.397. The number of nitrogens with zero attached hydrogens (tertiary/aromatic N) is 2. The number of carbonyl (C=O) groups excluding carboxylic acids is 1. The minimum atomic E-state index is -4.68. The van der Waals surface area contributed by atoms with Gasteiger partial charge in [0.05, 0.1) is 25.1 Å². The van der Waals surface area contributed by atoms with Gasteiger partial charge >= 0.3 is 12.1 Å². The fourth-order valence-electron chi connectivity index (χ4n) is 2.16. The molecule has 6 nitrogen and oxygen atoms in total. The van der Waals surface area contributed by atoms with Crippen LogP contribution in [0.15, 0.2) is 18.2 Å². The molecule has 0 radical (unpaired) electrons. The van der Waals surface area contributed by atoms with E-state index in [1.165, 1.54) is 17.8 Å². The Morgan fingerprint density at radius 2 is 2.00 bits per heavy atom. The van der Waals surface area contributed by atoms with Crippen LogP contribution in [0.3, 0.4) is 0 Å². The third-order valence-corrected chi connectivity index (χ3v) is 3.65. The Hall–Kier alpha value is -2.62. The first-order chi connectivity index (χ1) is 12.1. The topological polar surface area (TPSA) is 73.6 Å². The van der Waals surface area contributed by atoms with Crippen LogP contribution in [0.25, 0.3) is 11.3 Å². The van der Waals surface area contributed by atoms with Gasteiger partial charge in [-0.25, -0.2) is 9.18 Å². The molecule has 1 heterocycles. The molecule has 0 spiro atoms. The van der Waals surface area contributed by atoms with E-state index in [0.717, 1.165) is 26.2 Å². The van der Waals surface area contributed by atoms with E-state index >= 15 is 0 Å². The first-order valence-corrected chi connectivity index (χ1v) is 7.37. The van der Waals surface area contributed by atoms with Gasteiger partial charge in [0.2, 0.25) is 0 Å². The highest BCUT2D eigenvalue weighted by atomic mass is 19.4. The highest BCUT2D eigenvalue weighted by molar-refractivity contribution is 5.93. The average molecular weight is 376 g/mol. The van der Waals surface area contributed by atoms with Gasteiger partial charge in [0.1, 0.15) is 17.1 Å². The van der Waals surface area contributed by atoms with E-state index in [1.54, 1.807) is 0 Å². The molecule has 2 rings (SSSR count). The smallest absolute Gasteiger partial charge is 0.425 e. The molecule has 1 aromatic heterocycles. The number of aryl methyl sites for hydroxylation is 1. The maximum absolute atomic E-state index is 14.4. The molecule has 1 N–H and O–H groups in total. The van der Waals surface area contributed by atoms with Crippen molar-refractivity contribution in [3.63, 3.8) is 0 Å². The predicted molar refractivity (Wildman–Crippen MR) is 82.0 cm³/mol. The molecule has 10 heteroatoms. The summed E-state index contributed by atoms with van der Waals surface area (Å²) in [5.41, 5.74) is -0.238. The zero-order valence-electron chi connectivity index (χ0n) is 14.1. The Kier molecular flexibility index (Phi) is 5.55. The summed E-state index contributed by atoms with van der Waals surface area (Å²) in [5.74, 6) is -2.44. The Morgan fingerprint density at radius 3 is 2.50 bits per heavy atom. The molecule has 0 amide bonds. The van der Waals surface area contributed by atoms with Crippen LogP contribution in [0.4, 0.5) is 17.6 Å². The lowest BCUT2D eigenvalue weighted by Gasteiger charge is -2.20. The summed E-state index contributed by atoms with van der Waals surface area (Å²) in [5, 5.41) is 13.2. The third-order valence-electron chi connectivity index (χ3n) is 3.65. The lowest BCUT2D eigenvalue weighted by molar-refractivity contribution is -0.189. The van der Waals surface area contributed by atoms with Gasteiger partial charge in [0.15, 0.2) is 6.10 Å². The van der Waals surface area contributed by atoms with E-state index in [1.807, 2.05) is 0 Å². The number of benzene rings is 1. The number of ether oxygens (including phenoxy) is 2. The van der Waals surface area contributed by atoms with Gasteiger partial charge in [-0.15, -0.1) is 0 Å². The van der Waals surface area contributed by atoms with Crippen molar-refractivity contribution >= 4 is 5.97 Å². The van der Waals surface area contributed by atoms with Crippen molar-refractivity contribution in [1.82, 2.24) is 9.78 Å². The summed E-state index contributed by atoms with van der Waals surface area (Å²) in [6, 6.07) is 3.05. The monoisotopic (exact) mass is 376 g/mol. The predicted octanol–water partition coefficient (Wildman–Crippen LogP) is 2.83. The third kappa shape index (κ3) is 3.96. The Morgan fingerprint density at radius 1 is 1.35 bits per heavy atom. The molecular formula is C16H16F4N2O4. The largest absolute Gasteiger partial charge is 0.480 e. The maximum Gasteiger partial charge on any atom is 0.425 e. The molecule has 0 aliphatic rings. The van der Waals surface area contributed by atoms with Crippen molar-refractivity contribution in [2.24, 2.45) is 7.05 Å². The van der Waals surface area contributed by atoms with Crippen molar-refractivity contribution in [3.8, 4) is 17.0 Å². The van der Waals surface area contributed by atoms with E-state index in [9.17, 15) is 27.5 Å². The van der Waals surface area contributed by atoms with Crippen LogP contribution in [0.5, 0.6) is 5.75 Å². The summed E-state index contributed by atoms with van der Waals surface area (Å²) < 4.78 is 63.4. The lowest BCUT2D eigenvalue weighted by Crippen LogP contribution is -2.31. The first-order valence-electron chi connectivity index (χ1n) is 7.37. The number of rotatable bonds is 5. The standard InChI is InChI=1S/C16H16F4N2O4/c1-8(16(18,19)20)26-14-6-10(12(17)5-11(14)15(24)25-3)13-4-9(7-23)22(2)21-13/h4-6,8,23H,7H2,1-3H3/t8-/m0/s1. The van der Waals surface area contributed by atoms with Crippen LogP contribution >= 0.6 is 0 Å². The van der Waals surface area contributed by atoms with E-state index in [0.29, 0.717) is 5.69 Å². The summed E-state index contributed by atoms with van der Waals surface area (Å²) >= 11 is 0. The number of hydrogen-bond donors (Lipinski definition) is 1. The molecule has 0 saturated carbocycles. The summed E-state index contributed by atoms with van der Waals surface area (Å²) in [4.78, 5) is 11.8. The molecule has 2 aromatic rings. The Balaban J connectivity index is 2.57. The Labute approximate surface area is 145 Å². The Bertz CT molecular complexity index is 817. The molecule has 0 aliphatic carbocycles. The van der Waals surface area contributed by atoms with Crippen LogP contribution in [-0.2, 0) is 18.4 Å². The molecule has 0 bridgehead atoms. The minimum absolute atomic E-state index is 0.0648. The molecule has 0 fully saturated rings. The number of halogens is 4. The minimum Gasteiger partial charge on any atom is -0.480 e. The highest BCUT2D eigenvalue weighted by Gasteiger charge is 2.39. The fourth-order valence-corrected chi connectivity index (χ4v) is 2.16. The highest BCUT2D eigenvalue weighted by Crippen LogP contribution is 2.33. The first kappa shape index (κ1) is 19.7. The molecule has 142 valence electrons. The van der Waals surface area contributed by atoms with Gasteiger partial charge in [-0.1, -0.05) is 0 Å². The summed E-state index contributed by atoms with van der Waals surface area (Å²) in [7, 11) is 2.52. The number of alkyl halides is 3. The van der Waals surface area contributed by atoms with Crippen LogP contribution in [0.2, 0.25) is 0 Å². The zero-order valence-corrected chi connectivity index (χ0v) is 14.1. The normalized spacial score (nSPS) is 12.8. The maximum atomic E-state index is 14.4. The fraction of sp³-hybridized carbons (Fsp3) is 0.375. The van der Waals surface area contributed by atoms with Crippen LogP contribution in [0, 0.1) is 5.82 Å². The van der Waals surface area contributed by atoms with Crippen molar-refractivity contribution in [2.45, 2.75) is 25.8 Å². The van der Waals surface area contributed by atoms with Crippen LogP contribution in [0.1, 0.15) is 23.0 Å². The van der Waals surface area contributed by atoms with E-state index < -0.39 is 35.4 Å². The van der Waals surface area contributed by atoms with E-state index in [2.05, 4.69) is 9.84 Å². The van der Waals surface area contributed by atoms with E-state index in [-0.39, 0.29) is 17.9 Å². The number of methoxy groups -OCH3 is 1. The molecule has 0 aliphatic heterocycles. The molecule has 1 atom stereocenters. The molecular weight excluding hydrogens is 360 g/mol. The van der Waals surface area contributed by atoms with E-state index in [4.69, 9.17) is 4.74 Å². The van der Waals surface area contributed by atoms with Crippen molar-refractivity contribution in [3.05, 3.63) is 35.3 Å². The number of aliphatic hydroxyl groups excluding tert-OH is 1. The number of esters is 1. The number of carbonyl (C=O) groups is 1. The van der Waals surface area contributed by atoms with Gasteiger partial charge in [0, 0.05) is 12.6 Å². The van der Waals surface area contributed by atoms with Crippen LogP contribution in [-0.4, -0.2) is 40.2 Å². The van der Waals surface area contributed by atoms with Gasteiger partial charge in [-0.05, 0) is 25.1 Å². The second-order valence-corrected chi connectivity index (χ2v) is 5.42. The van der Waals surface area contributed by atoms with Crippen molar-refractivity contribution < 1.29 is 36.9 Å². The quantitative estimate of drug-likeness (QED) is 0.642. The van der Waals surface area contributed by atoms with Crippen molar-refractivity contribution in [2.75, 3.05) is 7.11 Å². The van der Waals surface area contributed by atoms with Gasteiger partial charge in [0.25, 0.3) is 0 Å². The summed E-state index contributed by atoms with van der Waals surface area (Å²) in [6.07, 6.45) is -6.92. The average Bonchev–Trinajstić information content (AvgIpc) is 2.95. The second kappa shape index (κ2) is 7.32. The van der Waals surface area contributed by atoms with Gasteiger partial charge < -0.3 is 14.6 Å². The number of aromatic nitrogens is 2. The van der Waals surface area contributed by atoms with Crippen LogP contribution < -0.4 is 4.74 Å². The van der Waals surface area contributed by atoms with Gasteiger partial charge in [-0.3, -0.25) is 4.68 Å². The lowest BCUT2D eigenvalue weighted by atomic mass is 10.1. The second-order valence-electron chi connectivity index (χ2n) is 5.42. The molecule has 0 unspecified atom stereocenters. The molecule has 26 heavy (non-hydrogen) atoms. The zero-order chi connectivity index (χ0) is 19.6. The SMILES string of the molecule is COC(=O)c1cc(F)c(-c2cc(CO)n(C)n2)cc1O[C@@H](C)C(F)(F)F. The number of hydrogen-bond acceptors (Lipinski definition) is 5. The number of aliphatic hydroxyl groups is 1. The molecule has 0 saturated heterocycles. The molecule has 1 aromatic carbocycles.